The molecule has 0 radical (unpaired) electrons. The minimum Gasteiger partial charge on any atom is -0.312 e. The monoisotopic (exact) mass is 331 g/mol. The zero-order chi connectivity index (χ0) is 16.9. The van der Waals surface area contributed by atoms with Crippen LogP contribution in [0, 0.1) is 0 Å². The second-order valence-electron chi connectivity index (χ2n) is 5.69. The van der Waals surface area contributed by atoms with Gasteiger partial charge in [0.1, 0.15) is 0 Å². The molecule has 1 aromatic carbocycles. The van der Waals surface area contributed by atoms with Crippen LogP contribution >= 0.6 is 0 Å². The van der Waals surface area contributed by atoms with Gasteiger partial charge in [-0.2, -0.15) is 4.52 Å². The summed E-state index contributed by atoms with van der Waals surface area (Å²) < 4.78 is 1.72. The first-order valence-electron chi connectivity index (χ1n) is 8.12. The number of pyridine rings is 1. The minimum absolute atomic E-state index is 0.685. The molecule has 0 saturated heterocycles. The van der Waals surface area contributed by atoms with Gasteiger partial charge in [-0.15, -0.1) is 5.10 Å². The Kier molecular flexibility index (Phi) is 4.38. The molecule has 0 unspecified atom stereocenters. The molecular formula is C18H17N7. The normalized spacial score (nSPS) is 11.0. The van der Waals surface area contributed by atoms with E-state index in [1.807, 2.05) is 24.4 Å². The van der Waals surface area contributed by atoms with Gasteiger partial charge in [0.2, 0.25) is 0 Å². The fraction of sp³-hybridized carbons (Fsp3) is 0.167. The summed E-state index contributed by atoms with van der Waals surface area (Å²) in [6.45, 7) is 1.49. The highest BCUT2D eigenvalue weighted by atomic mass is 15.5. The highest BCUT2D eigenvalue weighted by molar-refractivity contribution is 5.66. The van der Waals surface area contributed by atoms with E-state index >= 15 is 0 Å². The average molecular weight is 331 g/mol. The van der Waals surface area contributed by atoms with Gasteiger partial charge in [-0.3, -0.25) is 9.97 Å². The summed E-state index contributed by atoms with van der Waals surface area (Å²) in [6, 6.07) is 12.4. The molecule has 7 heteroatoms. The Morgan fingerprint density at radius 1 is 1.04 bits per heavy atom. The molecule has 0 aliphatic heterocycles. The van der Waals surface area contributed by atoms with E-state index in [0.29, 0.717) is 6.54 Å². The first kappa shape index (κ1) is 15.3. The third-order valence-electron chi connectivity index (χ3n) is 3.97. The van der Waals surface area contributed by atoms with E-state index < -0.39 is 0 Å². The Labute approximate surface area is 144 Å². The largest absolute Gasteiger partial charge is 0.312 e. The molecule has 0 aliphatic rings. The van der Waals surface area contributed by atoms with E-state index in [1.54, 1.807) is 23.1 Å². The zero-order valence-corrected chi connectivity index (χ0v) is 13.6. The quantitative estimate of drug-likeness (QED) is 0.544. The lowest BCUT2D eigenvalue weighted by molar-refractivity contribution is 0.678. The summed E-state index contributed by atoms with van der Waals surface area (Å²) in [7, 11) is 0. The minimum atomic E-state index is 0.685. The first-order chi connectivity index (χ1) is 12.4. The molecule has 0 fully saturated rings. The molecule has 0 aliphatic carbocycles. The number of hydrogen-bond donors (Lipinski definition) is 1. The number of tetrazole rings is 1. The smallest absolute Gasteiger partial charge is 0.183 e. The van der Waals surface area contributed by atoms with Gasteiger partial charge in [0.05, 0.1) is 5.69 Å². The Morgan fingerprint density at radius 3 is 2.80 bits per heavy atom. The number of nitrogens with one attached hydrogen (secondary N) is 1. The van der Waals surface area contributed by atoms with Crippen molar-refractivity contribution in [1.82, 2.24) is 35.3 Å². The molecule has 25 heavy (non-hydrogen) atoms. The number of hydrogen-bond acceptors (Lipinski definition) is 6. The summed E-state index contributed by atoms with van der Waals surface area (Å²) in [5, 5.41) is 15.4. The van der Waals surface area contributed by atoms with Crippen LogP contribution in [0.1, 0.15) is 11.3 Å². The third-order valence-corrected chi connectivity index (χ3v) is 3.97. The molecule has 0 saturated carbocycles. The predicted octanol–water partition coefficient (Wildman–Crippen LogP) is 1.91. The third kappa shape index (κ3) is 3.51. The van der Waals surface area contributed by atoms with Crippen molar-refractivity contribution in [3.63, 3.8) is 0 Å². The fourth-order valence-corrected chi connectivity index (χ4v) is 2.73. The maximum absolute atomic E-state index is 4.28. The molecule has 0 amide bonds. The van der Waals surface area contributed by atoms with Crippen molar-refractivity contribution >= 4 is 5.65 Å². The number of nitrogens with zero attached hydrogens (tertiary/aromatic N) is 6. The Bertz CT molecular complexity index is 951. The predicted molar refractivity (Wildman–Crippen MR) is 93.7 cm³/mol. The van der Waals surface area contributed by atoms with E-state index in [9.17, 15) is 0 Å². The van der Waals surface area contributed by atoms with Crippen molar-refractivity contribution in [2.45, 2.75) is 13.0 Å². The second-order valence-corrected chi connectivity index (χ2v) is 5.69. The van der Waals surface area contributed by atoms with Crippen LogP contribution in [0.25, 0.3) is 16.8 Å². The van der Waals surface area contributed by atoms with Crippen LogP contribution in [-0.4, -0.2) is 36.6 Å². The van der Waals surface area contributed by atoms with Crippen LogP contribution in [-0.2, 0) is 13.0 Å². The lowest BCUT2D eigenvalue weighted by atomic mass is 10.1. The molecule has 0 atom stereocenters. The lowest BCUT2D eigenvalue weighted by Gasteiger charge is -2.08. The average Bonchev–Trinajstić information content (AvgIpc) is 3.15. The Balaban J connectivity index is 1.51. The summed E-state index contributed by atoms with van der Waals surface area (Å²) in [5.41, 5.74) is 5.03. The summed E-state index contributed by atoms with van der Waals surface area (Å²) >= 11 is 0. The molecule has 3 aromatic heterocycles. The molecule has 0 spiro atoms. The van der Waals surface area contributed by atoms with Crippen molar-refractivity contribution in [2.24, 2.45) is 0 Å². The van der Waals surface area contributed by atoms with Gasteiger partial charge < -0.3 is 5.32 Å². The van der Waals surface area contributed by atoms with E-state index in [0.717, 1.165) is 41.0 Å². The van der Waals surface area contributed by atoms with Crippen LogP contribution in [0.15, 0.2) is 61.2 Å². The number of benzene rings is 1. The van der Waals surface area contributed by atoms with Crippen LogP contribution in [0.2, 0.25) is 0 Å². The summed E-state index contributed by atoms with van der Waals surface area (Å²) in [5.74, 6) is 0. The molecular weight excluding hydrogens is 314 g/mol. The fourth-order valence-electron chi connectivity index (χ4n) is 2.73. The number of rotatable bonds is 6. The molecule has 124 valence electrons. The highest BCUT2D eigenvalue weighted by Gasteiger charge is 2.09. The topological polar surface area (TPSA) is 80.9 Å². The molecule has 0 bridgehead atoms. The molecule has 1 N–H and O–H groups in total. The number of aromatic nitrogens is 6. The maximum atomic E-state index is 4.28. The Hall–Kier alpha value is -3.19. The van der Waals surface area contributed by atoms with Crippen molar-refractivity contribution in [3.8, 4) is 11.1 Å². The Morgan fingerprint density at radius 2 is 1.96 bits per heavy atom. The van der Waals surface area contributed by atoms with Crippen LogP contribution in [0.5, 0.6) is 0 Å². The van der Waals surface area contributed by atoms with Crippen LogP contribution in [0.4, 0.5) is 0 Å². The van der Waals surface area contributed by atoms with Crippen LogP contribution in [0.3, 0.4) is 0 Å². The van der Waals surface area contributed by atoms with Gasteiger partial charge >= 0.3 is 0 Å². The van der Waals surface area contributed by atoms with Crippen molar-refractivity contribution in [2.75, 3.05) is 6.54 Å². The van der Waals surface area contributed by atoms with Gasteiger partial charge in [-0.25, -0.2) is 0 Å². The van der Waals surface area contributed by atoms with E-state index in [2.05, 4.69) is 49.0 Å². The summed E-state index contributed by atoms with van der Waals surface area (Å²) in [6.07, 6.45) is 7.96. The van der Waals surface area contributed by atoms with Crippen molar-refractivity contribution < 1.29 is 0 Å². The SMILES string of the molecule is c1ccc(-c2cc(CNCCc3cnccn3)c3nnnn3c2)cc1. The van der Waals surface area contributed by atoms with Gasteiger partial charge in [-0.1, -0.05) is 30.3 Å². The molecule has 4 aromatic rings. The second kappa shape index (κ2) is 7.14. The molecule has 4 rings (SSSR count). The van der Waals surface area contributed by atoms with Gasteiger partial charge in [0, 0.05) is 55.4 Å². The van der Waals surface area contributed by atoms with Gasteiger partial charge in [-0.05, 0) is 22.1 Å². The molecule has 3 heterocycles. The highest BCUT2D eigenvalue weighted by Crippen LogP contribution is 2.21. The maximum Gasteiger partial charge on any atom is 0.183 e. The van der Waals surface area contributed by atoms with Gasteiger partial charge in [0.15, 0.2) is 5.65 Å². The van der Waals surface area contributed by atoms with Crippen molar-refractivity contribution in [1.29, 1.82) is 0 Å². The van der Waals surface area contributed by atoms with Gasteiger partial charge in [0.25, 0.3) is 0 Å². The standard InChI is InChI=1S/C18H17N7/c1-2-4-14(5-3-1)16-10-15(18-22-23-24-25(18)13-16)11-19-7-6-17-12-20-8-9-21-17/h1-5,8-10,12-13,19H,6-7,11H2. The van der Waals surface area contributed by atoms with E-state index in [4.69, 9.17) is 0 Å². The molecule has 7 nitrogen and oxygen atoms in total. The van der Waals surface area contributed by atoms with E-state index in [-0.39, 0.29) is 0 Å². The van der Waals surface area contributed by atoms with Crippen LogP contribution < -0.4 is 5.32 Å². The summed E-state index contributed by atoms with van der Waals surface area (Å²) in [4.78, 5) is 8.36. The lowest BCUT2D eigenvalue weighted by Crippen LogP contribution is -2.18. The van der Waals surface area contributed by atoms with Crippen molar-refractivity contribution in [3.05, 3.63) is 72.4 Å². The number of fused-ring (bicyclic) bond motifs is 1. The first-order valence-corrected chi connectivity index (χ1v) is 8.12. The zero-order valence-electron chi connectivity index (χ0n) is 13.6. The van der Waals surface area contributed by atoms with E-state index in [1.165, 1.54) is 0 Å².